The maximum absolute atomic E-state index is 12.2. The van der Waals surface area contributed by atoms with E-state index in [4.69, 9.17) is 9.57 Å². The molecule has 1 saturated heterocycles. The van der Waals surface area contributed by atoms with E-state index in [0.717, 1.165) is 43.1 Å². The molecule has 144 valence electrons. The minimum Gasteiger partial charge on any atom is -0.504 e. The zero-order valence-corrected chi connectivity index (χ0v) is 15.6. The van der Waals surface area contributed by atoms with Crippen molar-refractivity contribution in [1.29, 1.82) is 0 Å². The van der Waals surface area contributed by atoms with Gasteiger partial charge in [0.1, 0.15) is 7.11 Å². The highest BCUT2D eigenvalue weighted by Gasteiger charge is 2.72. The van der Waals surface area contributed by atoms with Crippen LogP contribution in [-0.4, -0.2) is 58.8 Å². The van der Waals surface area contributed by atoms with Crippen molar-refractivity contribution in [3.8, 4) is 11.5 Å². The van der Waals surface area contributed by atoms with Crippen LogP contribution in [-0.2, 0) is 16.7 Å². The molecule has 6 nitrogen and oxygen atoms in total. The SMILES string of the molecule is CO/N=C1\CC[C@@]2(O)[C@H]3Cc4ccc(O)c5c4[C@@]2(CCN3CC2CC2)[C@H]1O5. The minimum atomic E-state index is -0.858. The van der Waals surface area contributed by atoms with Gasteiger partial charge in [-0.2, -0.15) is 0 Å². The van der Waals surface area contributed by atoms with Crippen LogP contribution in [0.25, 0.3) is 0 Å². The molecule has 2 heterocycles. The van der Waals surface area contributed by atoms with Crippen LogP contribution >= 0.6 is 0 Å². The van der Waals surface area contributed by atoms with Gasteiger partial charge in [0, 0.05) is 18.2 Å². The van der Waals surface area contributed by atoms with Gasteiger partial charge in [-0.25, -0.2) is 0 Å². The molecule has 2 bridgehead atoms. The number of likely N-dealkylation sites (tertiary alicyclic amines) is 1. The Kier molecular flexibility index (Phi) is 3.10. The summed E-state index contributed by atoms with van der Waals surface area (Å²) >= 11 is 0. The molecule has 1 aromatic rings. The molecule has 1 aromatic carbocycles. The summed E-state index contributed by atoms with van der Waals surface area (Å²) in [7, 11) is 1.55. The molecule has 0 amide bonds. The molecule has 0 radical (unpaired) electrons. The number of ether oxygens (including phenoxy) is 1. The standard InChI is InChI=1S/C21H26N2O4/c1-26-22-14-6-7-21(25)16-10-13-4-5-15(24)18-17(13)20(21,19(14)27-18)8-9-23(16)11-12-2-3-12/h4-5,12,16,19,24-25H,2-3,6-11H2,1H3/b22-14+/t16-,19+,20+,21-/m1/s1. The number of piperidine rings is 1. The molecule has 0 aromatic heterocycles. The third kappa shape index (κ3) is 1.86. The maximum atomic E-state index is 12.2. The van der Waals surface area contributed by atoms with E-state index in [1.807, 2.05) is 6.07 Å². The van der Waals surface area contributed by atoms with Gasteiger partial charge in [-0.1, -0.05) is 11.2 Å². The van der Waals surface area contributed by atoms with Crippen LogP contribution < -0.4 is 4.74 Å². The number of aliphatic hydroxyl groups is 1. The van der Waals surface area contributed by atoms with Crippen LogP contribution in [0.4, 0.5) is 0 Å². The lowest BCUT2D eigenvalue weighted by Crippen LogP contribution is -2.76. The van der Waals surface area contributed by atoms with E-state index in [1.165, 1.54) is 18.4 Å². The Morgan fingerprint density at radius 1 is 1.33 bits per heavy atom. The average Bonchev–Trinajstić information content (AvgIpc) is 3.39. The Hall–Kier alpha value is -1.79. The average molecular weight is 370 g/mol. The Morgan fingerprint density at radius 3 is 2.96 bits per heavy atom. The number of phenolic OH excluding ortho intramolecular Hbond substituents is 1. The van der Waals surface area contributed by atoms with Crippen molar-refractivity contribution in [3.05, 3.63) is 23.3 Å². The molecule has 3 fully saturated rings. The first kappa shape index (κ1) is 16.2. The van der Waals surface area contributed by atoms with E-state index in [1.54, 1.807) is 13.2 Å². The van der Waals surface area contributed by atoms with Crippen molar-refractivity contribution in [2.45, 2.75) is 61.7 Å². The molecule has 3 aliphatic carbocycles. The Labute approximate surface area is 158 Å². The summed E-state index contributed by atoms with van der Waals surface area (Å²) in [6.07, 6.45) is 5.24. The van der Waals surface area contributed by atoms with Crippen molar-refractivity contribution in [2.75, 3.05) is 20.2 Å². The molecule has 6 rings (SSSR count). The normalized spacial score (nSPS) is 40.6. The molecule has 2 aliphatic heterocycles. The molecular weight excluding hydrogens is 344 g/mol. The van der Waals surface area contributed by atoms with E-state index < -0.39 is 11.0 Å². The third-order valence-corrected chi connectivity index (χ3v) is 7.79. The van der Waals surface area contributed by atoms with Crippen molar-refractivity contribution < 1.29 is 19.8 Å². The summed E-state index contributed by atoms with van der Waals surface area (Å²) < 4.78 is 6.33. The fraction of sp³-hybridized carbons (Fsp3) is 0.667. The Balaban J connectivity index is 1.56. The zero-order valence-electron chi connectivity index (χ0n) is 15.6. The number of aromatic hydroxyl groups is 1. The summed E-state index contributed by atoms with van der Waals surface area (Å²) in [5.74, 6) is 1.51. The van der Waals surface area contributed by atoms with Crippen molar-refractivity contribution in [1.82, 2.24) is 4.90 Å². The van der Waals surface area contributed by atoms with Crippen LogP contribution in [0, 0.1) is 5.92 Å². The summed E-state index contributed by atoms with van der Waals surface area (Å²) in [5.41, 5.74) is 1.69. The molecule has 4 atom stereocenters. The molecule has 1 spiro atoms. The number of benzene rings is 1. The first-order valence-corrected chi connectivity index (χ1v) is 10.2. The highest BCUT2D eigenvalue weighted by molar-refractivity contribution is 5.94. The van der Waals surface area contributed by atoms with Crippen molar-refractivity contribution >= 4 is 5.71 Å². The lowest BCUT2D eigenvalue weighted by atomic mass is 9.49. The van der Waals surface area contributed by atoms with Crippen LogP contribution in [0.5, 0.6) is 11.5 Å². The number of hydrogen-bond acceptors (Lipinski definition) is 6. The lowest BCUT2D eigenvalue weighted by Gasteiger charge is -2.63. The molecule has 6 heteroatoms. The van der Waals surface area contributed by atoms with Crippen LogP contribution in [0.1, 0.15) is 43.2 Å². The number of oxime groups is 1. The van der Waals surface area contributed by atoms with Crippen LogP contribution in [0.2, 0.25) is 0 Å². The molecule has 5 aliphatic rings. The number of hydrogen-bond donors (Lipinski definition) is 2. The van der Waals surface area contributed by atoms with E-state index >= 15 is 0 Å². The van der Waals surface area contributed by atoms with Gasteiger partial charge in [-0.15, -0.1) is 0 Å². The predicted octanol–water partition coefficient (Wildman–Crippen LogP) is 1.96. The smallest absolute Gasteiger partial charge is 0.166 e. The molecule has 2 saturated carbocycles. The van der Waals surface area contributed by atoms with Gasteiger partial charge in [0.15, 0.2) is 17.6 Å². The van der Waals surface area contributed by atoms with Gasteiger partial charge in [-0.3, -0.25) is 4.90 Å². The highest BCUT2D eigenvalue weighted by atomic mass is 16.6. The van der Waals surface area contributed by atoms with Crippen LogP contribution in [0.15, 0.2) is 17.3 Å². The second-order valence-electron chi connectivity index (χ2n) is 9.01. The predicted molar refractivity (Wildman–Crippen MR) is 99.2 cm³/mol. The quantitative estimate of drug-likeness (QED) is 0.796. The maximum Gasteiger partial charge on any atom is 0.166 e. The minimum absolute atomic E-state index is 0.102. The summed E-state index contributed by atoms with van der Waals surface area (Å²) in [6, 6.07) is 3.86. The lowest BCUT2D eigenvalue weighted by molar-refractivity contribution is -0.167. The van der Waals surface area contributed by atoms with E-state index in [9.17, 15) is 10.2 Å². The second kappa shape index (κ2) is 5.17. The van der Waals surface area contributed by atoms with Crippen molar-refractivity contribution in [2.24, 2.45) is 11.1 Å². The molecule has 27 heavy (non-hydrogen) atoms. The first-order chi connectivity index (χ1) is 13.1. The highest BCUT2D eigenvalue weighted by Crippen LogP contribution is 2.65. The summed E-state index contributed by atoms with van der Waals surface area (Å²) in [5, 5.41) is 27.0. The van der Waals surface area contributed by atoms with Gasteiger partial charge < -0.3 is 19.8 Å². The van der Waals surface area contributed by atoms with Crippen LogP contribution in [0.3, 0.4) is 0 Å². The number of nitrogens with zero attached hydrogens (tertiary/aromatic N) is 2. The Bertz CT molecular complexity index is 851. The zero-order chi connectivity index (χ0) is 18.4. The Morgan fingerprint density at radius 2 is 2.19 bits per heavy atom. The summed E-state index contributed by atoms with van der Waals surface area (Å²) in [6.45, 7) is 2.05. The van der Waals surface area contributed by atoms with Gasteiger partial charge in [0.25, 0.3) is 0 Å². The monoisotopic (exact) mass is 370 g/mol. The first-order valence-electron chi connectivity index (χ1n) is 10.2. The number of phenols is 1. The van der Waals surface area contributed by atoms with E-state index in [0.29, 0.717) is 18.6 Å². The van der Waals surface area contributed by atoms with Crippen molar-refractivity contribution in [3.63, 3.8) is 0 Å². The summed E-state index contributed by atoms with van der Waals surface area (Å²) in [4.78, 5) is 7.64. The fourth-order valence-electron chi connectivity index (χ4n) is 6.49. The topological polar surface area (TPSA) is 74.5 Å². The third-order valence-electron chi connectivity index (χ3n) is 7.79. The largest absolute Gasteiger partial charge is 0.504 e. The molecule has 2 N–H and O–H groups in total. The van der Waals surface area contributed by atoms with Gasteiger partial charge in [0.05, 0.1) is 16.7 Å². The van der Waals surface area contributed by atoms with Gasteiger partial charge in [-0.05, 0) is 62.6 Å². The van der Waals surface area contributed by atoms with Gasteiger partial charge >= 0.3 is 0 Å². The molecular formula is C21H26N2O4. The van der Waals surface area contributed by atoms with E-state index in [-0.39, 0.29) is 17.9 Å². The number of rotatable bonds is 3. The van der Waals surface area contributed by atoms with E-state index in [2.05, 4.69) is 10.1 Å². The second-order valence-corrected chi connectivity index (χ2v) is 9.01. The van der Waals surface area contributed by atoms with Gasteiger partial charge in [0.2, 0.25) is 0 Å². The molecule has 0 unspecified atom stereocenters. The fourth-order valence-corrected chi connectivity index (χ4v) is 6.49.